The molecule has 0 saturated heterocycles. The van der Waals surface area contributed by atoms with Gasteiger partial charge in [-0.2, -0.15) is 0 Å². The molecule has 0 bridgehead atoms. The summed E-state index contributed by atoms with van der Waals surface area (Å²) in [5.74, 6) is 0.0156. The van der Waals surface area contributed by atoms with Gasteiger partial charge in [-0.1, -0.05) is 17.7 Å². The first kappa shape index (κ1) is 19.7. The van der Waals surface area contributed by atoms with E-state index in [0.29, 0.717) is 6.54 Å². The van der Waals surface area contributed by atoms with Crippen LogP contribution in [-0.4, -0.2) is 24.1 Å². The summed E-state index contributed by atoms with van der Waals surface area (Å²) in [6.45, 7) is 7.83. The van der Waals surface area contributed by atoms with Crippen molar-refractivity contribution in [3.63, 3.8) is 0 Å². The first-order chi connectivity index (χ1) is 9.26. The topological polar surface area (TPSA) is 76.7 Å². The standard InChI is InChI=1S/C15H23N3O2.HI/c1-11-5-7-12(8-6-11)18-14(16)17-10-9-13(19)20-15(2,3)4;/h5-8H,9-10H2,1-4H3,(H3,16,17,18);1H. The van der Waals surface area contributed by atoms with Crippen LogP contribution in [0, 0.1) is 6.92 Å². The van der Waals surface area contributed by atoms with E-state index in [1.165, 1.54) is 5.56 Å². The molecule has 0 heterocycles. The molecule has 0 fully saturated rings. The number of hydrogen-bond acceptors (Lipinski definition) is 3. The predicted molar refractivity (Wildman–Crippen MR) is 97.2 cm³/mol. The highest BCUT2D eigenvalue weighted by Crippen LogP contribution is 2.09. The molecule has 0 radical (unpaired) electrons. The highest BCUT2D eigenvalue weighted by atomic mass is 127. The number of hydrogen-bond donors (Lipinski definition) is 2. The molecule has 1 aromatic rings. The van der Waals surface area contributed by atoms with Crippen LogP contribution < -0.4 is 11.1 Å². The molecule has 0 aromatic heterocycles. The van der Waals surface area contributed by atoms with Gasteiger partial charge < -0.3 is 15.8 Å². The van der Waals surface area contributed by atoms with Crippen molar-refractivity contribution in [2.24, 2.45) is 10.7 Å². The number of rotatable bonds is 4. The average molecular weight is 405 g/mol. The Hall–Kier alpha value is -1.31. The van der Waals surface area contributed by atoms with Crippen molar-refractivity contribution in [1.82, 2.24) is 0 Å². The summed E-state index contributed by atoms with van der Waals surface area (Å²) in [7, 11) is 0. The quantitative estimate of drug-likeness (QED) is 0.349. The zero-order valence-electron chi connectivity index (χ0n) is 13.0. The summed E-state index contributed by atoms with van der Waals surface area (Å²) >= 11 is 0. The summed E-state index contributed by atoms with van der Waals surface area (Å²) in [5.41, 5.74) is 7.32. The van der Waals surface area contributed by atoms with E-state index in [-0.39, 0.29) is 42.3 Å². The highest BCUT2D eigenvalue weighted by molar-refractivity contribution is 14.0. The first-order valence-electron chi connectivity index (χ1n) is 6.62. The van der Waals surface area contributed by atoms with Crippen molar-refractivity contribution in [3.8, 4) is 0 Å². The Kier molecular flexibility index (Phi) is 8.31. The number of carbonyl (C=O) groups excluding carboxylic acids is 1. The summed E-state index contributed by atoms with van der Waals surface area (Å²) < 4.78 is 5.18. The highest BCUT2D eigenvalue weighted by Gasteiger charge is 2.15. The number of aliphatic imine (C=N–C) groups is 1. The molecule has 0 atom stereocenters. The van der Waals surface area contributed by atoms with Crippen molar-refractivity contribution in [2.75, 3.05) is 11.9 Å². The van der Waals surface area contributed by atoms with E-state index in [2.05, 4.69) is 10.3 Å². The number of carbonyl (C=O) groups is 1. The third kappa shape index (κ3) is 9.28. The molecule has 5 nitrogen and oxygen atoms in total. The minimum Gasteiger partial charge on any atom is -0.460 e. The molecular formula is C15H24IN3O2. The Balaban J connectivity index is 0.00000400. The van der Waals surface area contributed by atoms with E-state index < -0.39 is 5.60 Å². The fourth-order valence-electron chi connectivity index (χ4n) is 1.48. The molecule has 0 amide bonds. The first-order valence-corrected chi connectivity index (χ1v) is 6.62. The Labute approximate surface area is 143 Å². The third-order valence-electron chi connectivity index (χ3n) is 2.34. The molecule has 1 aromatic carbocycles. The maximum atomic E-state index is 11.5. The Morgan fingerprint density at radius 1 is 1.29 bits per heavy atom. The second-order valence-electron chi connectivity index (χ2n) is 5.59. The molecule has 0 aliphatic rings. The molecule has 3 N–H and O–H groups in total. The van der Waals surface area contributed by atoms with Gasteiger partial charge in [0.1, 0.15) is 5.60 Å². The number of benzene rings is 1. The number of nitrogens with zero attached hydrogens (tertiary/aromatic N) is 1. The molecule has 6 heteroatoms. The zero-order valence-corrected chi connectivity index (χ0v) is 15.3. The summed E-state index contributed by atoms with van der Waals surface area (Å²) in [5, 5.41) is 2.97. The van der Waals surface area contributed by atoms with Gasteiger partial charge in [-0.05, 0) is 39.8 Å². The van der Waals surface area contributed by atoms with Crippen molar-refractivity contribution in [2.45, 2.75) is 39.7 Å². The van der Waals surface area contributed by atoms with Crippen LogP contribution in [0.3, 0.4) is 0 Å². The van der Waals surface area contributed by atoms with Gasteiger partial charge in [0, 0.05) is 5.69 Å². The van der Waals surface area contributed by atoms with Gasteiger partial charge in [0.15, 0.2) is 5.96 Å². The Morgan fingerprint density at radius 2 is 1.86 bits per heavy atom. The van der Waals surface area contributed by atoms with Gasteiger partial charge in [0.05, 0.1) is 13.0 Å². The smallest absolute Gasteiger partial charge is 0.308 e. The van der Waals surface area contributed by atoms with E-state index >= 15 is 0 Å². The van der Waals surface area contributed by atoms with Gasteiger partial charge in [-0.15, -0.1) is 24.0 Å². The lowest BCUT2D eigenvalue weighted by Crippen LogP contribution is -2.25. The maximum absolute atomic E-state index is 11.5. The third-order valence-corrected chi connectivity index (χ3v) is 2.34. The normalized spacial score (nSPS) is 11.5. The minimum absolute atomic E-state index is 0. The largest absolute Gasteiger partial charge is 0.460 e. The molecule has 118 valence electrons. The van der Waals surface area contributed by atoms with Crippen molar-refractivity contribution >= 4 is 41.6 Å². The van der Waals surface area contributed by atoms with Gasteiger partial charge in [-0.3, -0.25) is 9.79 Å². The molecule has 0 spiro atoms. The van der Waals surface area contributed by atoms with E-state index in [1.807, 2.05) is 52.0 Å². The van der Waals surface area contributed by atoms with Crippen LogP contribution in [0.5, 0.6) is 0 Å². The lowest BCUT2D eigenvalue weighted by atomic mass is 10.2. The number of halogens is 1. The maximum Gasteiger partial charge on any atom is 0.308 e. The minimum atomic E-state index is -0.466. The van der Waals surface area contributed by atoms with E-state index in [4.69, 9.17) is 10.5 Å². The fraction of sp³-hybridized carbons (Fsp3) is 0.467. The monoisotopic (exact) mass is 405 g/mol. The molecule has 21 heavy (non-hydrogen) atoms. The zero-order chi connectivity index (χ0) is 15.2. The van der Waals surface area contributed by atoms with Gasteiger partial charge >= 0.3 is 5.97 Å². The Morgan fingerprint density at radius 3 is 2.38 bits per heavy atom. The van der Waals surface area contributed by atoms with Crippen LogP contribution in [0.4, 0.5) is 5.69 Å². The summed E-state index contributed by atoms with van der Waals surface area (Å²) in [4.78, 5) is 15.6. The fourth-order valence-corrected chi connectivity index (χ4v) is 1.48. The van der Waals surface area contributed by atoms with Crippen LogP contribution in [-0.2, 0) is 9.53 Å². The molecule has 0 aliphatic carbocycles. The summed E-state index contributed by atoms with van der Waals surface area (Å²) in [6.07, 6.45) is 0.216. The molecule has 0 aliphatic heterocycles. The van der Waals surface area contributed by atoms with Crippen molar-refractivity contribution in [1.29, 1.82) is 0 Å². The second-order valence-corrected chi connectivity index (χ2v) is 5.59. The second kappa shape index (κ2) is 8.86. The van der Waals surface area contributed by atoms with E-state index in [9.17, 15) is 4.79 Å². The van der Waals surface area contributed by atoms with Crippen molar-refractivity contribution < 1.29 is 9.53 Å². The van der Waals surface area contributed by atoms with Crippen LogP contribution in [0.1, 0.15) is 32.8 Å². The van der Waals surface area contributed by atoms with Crippen LogP contribution in [0.15, 0.2) is 29.3 Å². The van der Waals surface area contributed by atoms with Gasteiger partial charge in [-0.25, -0.2) is 0 Å². The number of ether oxygens (including phenoxy) is 1. The number of nitrogens with two attached hydrogens (primary N) is 1. The van der Waals surface area contributed by atoms with E-state index in [1.54, 1.807) is 0 Å². The number of nitrogens with one attached hydrogen (secondary N) is 1. The number of esters is 1. The molecule has 0 unspecified atom stereocenters. The average Bonchev–Trinajstić information content (AvgIpc) is 2.29. The van der Waals surface area contributed by atoms with Crippen LogP contribution >= 0.6 is 24.0 Å². The number of aryl methyl sites for hydroxylation is 1. The lowest BCUT2D eigenvalue weighted by Gasteiger charge is -2.19. The molecular weight excluding hydrogens is 381 g/mol. The van der Waals surface area contributed by atoms with Gasteiger partial charge in [0.25, 0.3) is 0 Å². The SMILES string of the molecule is Cc1ccc(NC(N)=NCCC(=O)OC(C)(C)C)cc1.I. The summed E-state index contributed by atoms with van der Waals surface area (Å²) in [6, 6.07) is 7.81. The van der Waals surface area contributed by atoms with Crippen LogP contribution in [0.2, 0.25) is 0 Å². The lowest BCUT2D eigenvalue weighted by molar-refractivity contribution is -0.154. The number of guanidine groups is 1. The van der Waals surface area contributed by atoms with Crippen molar-refractivity contribution in [3.05, 3.63) is 29.8 Å². The molecule has 0 saturated carbocycles. The van der Waals surface area contributed by atoms with Gasteiger partial charge in [0.2, 0.25) is 0 Å². The predicted octanol–water partition coefficient (Wildman–Crippen LogP) is 3.07. The molecule has 1 rings (SSSR count). The van der Waals surface area contributed by atoms with Crippen LogP contribution in [0.25, 0.3) is 0 Å². The van der Waals surface area contributed by atoms with E-state index in [0.717, 1.165) is 5.69 Å². The number of anilines is 1. The Bertz CT molecular complexity index is 479.